The van der Waals surface area contributed by atoms with Crippen molar-refractivity contribution in [1.82, 2.24) is 0 Å². The van der Waals surface area contributed by atoms with Gasteiger partial charge in [-0.2, -0.15) is 0 Å². The molecule has 0 aromatic heterocycles. The fourth-order valence-corrected chi connectivity index (χ4v) is 17.5. The number of carbonyl (C=O) groups excluding carboxylic acids is 1. The SMILES string of the molecule is C[C@@H]1O[C@@H](O[C@H]2CO[C@@H](O[C@H]3CC[C@]4(C)[C@H]5CC=C6[C@@H]7CC(C)(C)CC[C@]7(C(=O)O[C@@H]7O[C@H](CO[C@@H]8O[C@H](CO)[C@H](O)[C@H](O)[C@H]8O)[C@@H](O)[C@H](O)[C@H]7O)CC[C@@]6(C)[C@]5(C)CC[C@H]4C3(C)C)[C@H](O[C@@H]3O[C@H](CO)[C@@H](O)[C@H](O)[C@H]3O)[C@H]2O)[C@H](O)[C@H](O)[C@H]1O. The molecule has 0 unspecified atom stereocenters. The number of aliphatic hydroxyl groups excluding tert-OH is 15. The maximum absolute atomic E-state index is 15.2. The van der Waals surface area contributed by atoms with E-state index in [9.17, 15) is 76.6 Å². The molecule has 32 atom stereocenters. The van der Waals surface area contributed by atoms with Gasteiger partial charge in [-0.3, -0.25) is 4.79 Å². The first-order valence-electron chi connectivity index (χ1n) is 30.6. The second-order valence-electron chi connectivity index (χ2n) is 28.7. The Hall–Kier alpha value is -1.75. The van der Waals surface area contributed by atoms with Crippen molar-refractivity contribution in [2.45, 2.75) is 273 Å². The number of hydrogen-bond donors (Lipinski definition) is 15. The number of allylic oxidation sites excluding steroid dienone is 2. The van der Waals surface area contributed by atoms with Crippen molar-refractivity contribution >= 4 is 5.97 Å². The summed E-state index contributed by atoms with van der Waals surface area (Å²) in [6, 6.07) is 0. The molecule has 0 bridgehead atoms. The Morgan fingerprint density at radius 1 is 0.553 bits per heavy atom. The van der Waals surface area contributed by atoms with Crippen molar-refractivity contribution in [1.29, 1.82) is 0 Å². The molecule has 488 valence electrons. The van der Waals surface area contributed by atoms with Crippen molar-refractivity contribution < 1.29 is 129 Å². The maximum atomic E-state index is 15.2. The van der Waals surface area contributed by atoms with Gasteiger partial charge in [-0.05, 0) is 116 Å². The third-order valence-electron chi connectivity index (χ3n) is 23.1. The van der Waals surface area contributed by atoms with E-state index < -0.39 is 190 Å². The quantitative estimate of drug-likeness (QED) is 0.0513. The van der Waals surface area contributed by atoms with E-state index in [0.717, 1.165) is 25.7 Å². The Labute approximate surface area is 494 Å². The minimum Gasteiger partial charge on any atom is -0.432 e. The fourth-order valence-electron chi connectivity index (χ4n) is 17.5. The van der Waals surface area contributed by atoms with Gasteiger partial charge in [0.25, 0.3) is 0 Å². The molecule has 5 aliphatic carbocycles. The van der Waals surface area contributed by atoms with E-state index in [4.69, 9.17) is 47.4 Å². The van der Waals surface area contributed by atoms with Crippen LogP contribution in [-0.2, 0) is 52.2 Å². The van der Waals surface area contributed by atoms with Crippen LogP contribution in [0.5, 0.6) is 0 Å². The first-order valence-corrected chi connectivity index (χ1v) is 30.6. The number of esters is 1. The molecule has 0 spiro atoms. The molecule has 26 nitrogen and oxygen atoms in total. The van der Waals surface area contributed by atoms with Gasteiger partial charge in [-0.15, -0.1) is 0 Å². The minimum atomic E-state index is -1.85. The average molecular weight is 1220 g/mol. The van der Waals surface area contributed by atoms with Crippen molar-refractivity contribution in [3.05, 3.63) is 11.6 Å². The molecule has 4 saturated carbocycles. The van der Waals surface area contributed by atoms with Crippen LogP contribution < -0.4 is 0 Å². The first kappa shape index (κ1) is 66.2. The summed E-state index contributed by atoms with van der Waals surface area (Å²) in [6.45, 7) is 15.0. The third kappa shape index (κ3) is 11.2. The maximum Gasteiger partial charge on any atom is 0.315 e. The highest BCUT2D eigenvalue weighted by molar-refractivity contribution is 5.79. The second kappa shape index (κ2) is 24.4. The van der Waals surface area contributed by atoms with Crippen LogP contribution in [0.1, 0.15) is 120 Å². The van der Waals surface area contributed by atoms with Crippen LogP contribution in [0.4, 0.5) is 0 Å². The van der Waals surface area contributed by atoms with Crippen molar-refractivity contribution in [2.75, 3.05) is 26.4 Å². The molecular weight excluding hydrogens is 1120 g/mol. The van der Waals surface area contributed by atoms with Crippen LogP contribution in [0.3, 0.4) is 0 Å². The van der Waals surface area contributed by atoms with E-state index in [2.05, 4.69) is 54.5 Å². The molecule has 5 aliphatic heterocycles. The average Bonchev–Trinajstić information content (AvgIpc) is 0.700. The van der Waals surface area contributed by atoms with Crippen LogP contribution in [0, 0.1) is 50.2 Å². The van der Waals surface area contributed by atoms with E-state index in [1.807, 2.05) is 0 Å². The lowest BCUT2D eigenvalue weighted by molar-refractivity contribution is -0.381. The number of ether oxygens (including phenoxy) is 10. The number of carbonyl (C=O) groups is 1. The van der Waals surface area contributed by atoms with Crippen LogP contribution in [0.25, 0.3) is 0 Å². The standard InChI is InChI=1S/C59H96O26/c1-24-34(62)39(67)44(72)49(78-24)82-30-23-77-52(47(38(30)66)84-50-45(73)41(69)36(64)28(21-61)80-50)83-33-12-13-56(6)31(55(33,4)5)11-14-58(8)32(56)10-9-25-26-19-54(2,3)15-17-59(26,18-16-57(25,58)7)53(75)85-51-46(74)42(70)37(65)29(81-51)22-76-48-43(71)40(68)35(63)27(20-60)79-48/h9,24,26-52,60-74H,10-23H2,1-8H3/t24-,26-,27+,28+,29+,30-,31-,32+,33-,34-,35-,36+,37+,38-,39+,40-,41-,42-,43+,44+,45+,46+,47+,48+,49-,50-,51-,52-,56-,57+,58+,59-/m0/s1. The zero-order valence-corrected chi connectivity index (χ0v) is 49.8. The highest BCUT2D eigenvalue weighted by atomic mass is 16.8. The molecule has 0 radical (unpaired) electrons. The van der Waals surface area contributed by atoms with E-state index >= 15 is 4.79 Å². The molecule has 10 rings (SSSR count). The summed E-state index contributed by atoms with van der Waals surface area (Å²) in [6.07, 6.45) is -29.6. The summed E-state index contributed by atoms with van der Waals surface area (Å²) in [4.78, 5) is 15.2. The number of rotatable bonds is 13. The van der Waals surface area contributed by atoms with E-state index in [1.54, 1.807) is 0 Å². The van der Waals surface area contributed by atoms with Crippen LogP contribution in [0.2, 0.25) is 0 Å². The molecular formula is C59H96O26. The fraction of sp³-hybridized carbons (Fsp3) is 0.949. The Bertz CT molecular complexity index is 2360. The normalized spacial score (nSPS) is 54.1. The second-order valence-corrected chi connectivity index (χ2v) is 28.7. The van der Waals surface area contributed by atoms with Gasteiger partial charge in [-0.1, -0.05) is 60.1 Å². The third-order valence-corrected chi connectivity index (χ3v) is 23.1. The van der Waals surface area contributed by atoms with E-state index in [0.29, 0.717) is 38.5 Å². The predicted molar refractivity (Wildman–Crippen MR) is 288 cm³/mol. The van der Waals surface area contributed by atoms with Crippen LogP contribution >= 0.6 is 0 Å². The van der Waals surface area contributed by atoms with E-state index in [-0.39, 0.29) is 46.0 Å². The largest absolute Gasteiger partial charge is 0.432 e. The first-order chi connectivity index (χ1) is 39.8. The summed E-state index contributed by atoms with van der Waals surface area (Å²) in [5.74, 6) is -0.583. The highest BCUT2D eigenvalue weighted by Gasteiger charge is 2.70. The number of fused-ring (bicyclic) bond motifs is 7. The molecule has 0 amide bonds. The molecule has 15 N–H and O–H groups in total. The van der Waals surface area contributed by atoms with Gasteiger partial charge in [0.2, 0.25) is 6.29 Å². The summed E-state index contributed by atoms with van der Waals surface area (Å²) < 4.78 is 60.2. The monoisotopic (exact) mass is 1220 g/mol. The van der Waals surface area contributed by atoms with Crippen LogP contribution in [-0.4, -0.2) is 263 Å². The molecule has 10 aliphatic rings. The summed E-state index contributed by atoms with van der Waals surface area (Å²) in [7, 11) is 0. The van der Waals surface area contributed by atoms with Gasteiger partial charge in [0.1, 0.15) is 110 Å². The molecule has 5 heterocycles. The van der Waals surface area contributed by atoms with Gasteiger partial charge in [0.05, 0.1) is 44.1 Å². The van der Waals surface area contributed by atoms with Crippen molar-refractivity contribution in [2.24, 2.45) is 50.2 Å². The molecule has 5 saturated heterocycles. The van der Waals surface area contributed by atoms with Crippen LogP contribution in [0.15, 0.2) is 11.6 Å². The molecule has 0 aromatic rings. The molecule has 85 heavy (non-hydrogen) atoms. The summed E-state index contributed by atoms with van der Waals surface area (Å²) in [5, 5.41) is 160. The van der Waals surface area contributed by atoms with Gasteiger partial charge < -0.3 is 124 Å². The number of aliphatic hydroxyl groups is 15. The smallest absolute Gasteiger partial charge is 0.315 e. The molecule has 26 heteroatoms. The summed E-state index contributed by atoms with van der Waals surface area (Å²) >= 11 is 0. The lowest BCUT2D eigenvalue weighted by Crippen LogP contribution is -2.66. The highest BCUT2D eigenvalue weighted by Crippen LogP contribution is 2.76. The Morgan fingerprint density at radius 2 is 1.11 bits per heavy atom. The molecule has 9 fully saturated rings. The van der Waals surface area contributed by atoms with Gasteiger partial charge in [-0.25, -0.2) is 0 Å². The Kier molecular flexibility index (Phi) is 19.0. The van der Waals surface area contributed by atoms with Gasteiger partial charge in [0, 0.05) is 0 Å². The van der Waals surface area contributed by atoms with Gasteiger partial charge in [0.15, 0.2) is 25.2 Å². The lowest BCUT2D eigenvalue weighted by atomic mass is 9.33. The summed E-state index contributed by atoms with van der Waals surface area (Å²) in [5.41, 5.74) is -1.38. The molecule has 0 aromatic carbocycles. The zero-order chi connectivity index (χ0) is 62.0. The lowest BCUT2D eigenvalue weighted by Gasteiger charge is -2.71. The Morgan fingerprint density at radius 3 is 1.74 bits per heavy atom. The topological polar surface area (TPSA) is 413 Å². The minimum absolute atomic E-state index is 0.0898. The van der Waals surface area contributed by atoms with E-state index in [1.165, 1.54) is 12.5 Å². The predicted octanol–water partition coefficient (Wildman–Crippen LogP) is -2.54. The zero-order valence-electron chi connectivity index (χ0n) is 49.8. The number of hydrogen-bond acceptors (Lipinski definition) is 26. The Balaban J connectivity index is 0.863. The van der Waals surface area contributed by atoms with Crippen molar-refractivity contribution in [3.8, 4) is 0 Å². The van der Waals surface area contributed by atoms with Gasteiger partial charge >= 0.3 is 5.97 Å². The van der Waals surface area contributed by atoms with Crippen molar-refractivity contribution in [3.63, 3.8) is 0 Å².